The summed E-state index contributed by atoms with van der Waals surface area (Å²) in [4.78, 5) is -0.0738. The average molecular weight is 325 g/mol. The minimum absolute atomic E-state index is 0. The summed E-state index contributed by atoms with van der Waals surface area (Å²) in [6, 6.07) is 3.88. The molecule has 7 heteroatoms. The van der Waals surface area contributed by atoms with E-state index in [1.54, 1.807) is 6.92 Å². The van der Waals surface area contributed by atoms with E-state index in [9.17, 15) is 12.8 Å². The largest absolute Gasteiger partial charge is 0.329 e. The van der Waals surface area contributed by atoms with Gasteiger partial charge in [-0.3, -0.25) is 0 Å². The number of hydrogen-bond acceptors (Lipinski definition) is 3. The first-order chi connectivity index (χ1) is 8.80. The Bertz CT molecular complexity index is 537. The Hall–Kier alpha value is -0.690. The van der Waals surface area contributed by atoms with Gasteiger partial charge in [0.1, 0.15) is 5.82 Å². The predicted molar refractivity (Wildman–Crippen MR) is 81.1 cm³/mol. The minimum atomic E-state index is -3.76. The van der Waals surface area contributed by atoms with Gasteiger partial charge in [0.15, 0.2) is 0 Å². The van der Waals surface area contributed by atoms with Crippen LogP contribution in [0.5, 0.6) is 0 Å². The number of nitrogens with two attached hydrogens (primary N) is 1. The zero-order valence-corrected chi connectivity index (χ0v) is 13.6. The summed E-state index contributed by atoms with van der Waals surface area (Å²) in [5.41, 5.74) is 5.40. The van der Waals surface area contributed by atoms with Crippen LogP contribution in [0.1, 0.15) is 32.3 Å². The lowest BCUT2D eigenvalue weighted by Crippen LogP contribution is -2.52. The highest BCUT2D eigenvalue weighted by atomic mass is 35.5. The zero-order chi connectivity index (χ0) is 14.7. The number of sulfonamides is 1. The van der Waals surface area contributed by atoms with E-state index in [1.165, 1.54) is 12.1 Å². The molecule has 3 N–H and O–H groups in total. The molecular formula is C13H22ClFN2O2S. The zero-order valence-electron chi connectivity index (χ0n) is 11.9. The van der Waals surface area contributed by atoms with Gasteiger partial charge in [-0.15, -0.1) is 12.4 Å². The molecule has 0 aliphatic carbocycles. The van der Waals surface area contributed by atoms with E-state index in [-0.39, 0.29) is 23.8 Å². The molecule has 0 saturated heterocycles. The van der Waals surface area contributed by atoms with Gasteiger partial charge in [-0.25, -0.2) is 17.5 Å². The molecule has 0 fully saturated rings. The Kier molecular flexibility index (Phi) is 7.10. The number of rotatable bonds is 6. The summed E-state index contributed by atoms with van der Waals surface area (Å²) in [6.45, 7) is 5.53. The lowest BCUT2D eigenvalue weighted by molar-refractivity contribution is 0.363. The van der Waals surface area contributed by atoms with Gasteiger partial charge in [0.25, 0.3) is 0 Å². The van der Waals surface area contributed by atoms with Crippen molar-refractivity contribution < 1.29 is 12.8 Å². The SMILES string of the molecule is CCC(CC)(CN)NS(=O)(=O)c1ccc(C)c(F)c1.Cl. The lowest BCUT2D eigenvalue weighted by atomic mass is 9.95. The van der Waals surface area contributed by atoms with Crippen molar-refractivity contribution >= 4 is 22.4 Å². The number of hydrogen-bond donors (Lipinski definition) is 2. The van der Waals surface area contributed by atoms with Gasteiger partial charge in [0, 0.05) is 12.1 Å². The fourth-order valence-corrected chi connectivity index (χ4v) is 3.38. The summed E-state index contributed by atoms with van der Waals surface area (Å²) in [5, 5.41) is 0. The van der Waals surface area contributed by atoms with E-state index in [4.69, 9.17) is 5.73 Å². The molecule has 4 nitrogen and oxygen atoms in total. The molecule has 1 aromatic carbocycles. The monoisotopic (exact) mass is 324 g/mol. The maximum absolute atomic E-state index is 13.5. The highest BCUT2D eigenvalue weighted by Crippen LogP contribution is 2.20. The summed E-state index contributed by atoms with van der Waals surface area (Å²) in [7, 11) is -3.76. The average Bonchev–Trinajstić information content (AvgIpc) is 2.39. The molecule has 0 aliphatic heterocycles. The van der Waals surface area contributed by atoms with Crippen molar-refractivity contribution in [3.05, 3.63) is 29.6 Å². The first-order valence-corrected chi connectivity index (χ1v) is 7.78. The van der Waals surface area contributed by atoms with Crippen LogP contribution < -0.4 is 10.5 Å². The van der Waals surface area contributed by atoms with Gasteiger partial charge in [-0.05, 0) is 37.5 Å². The van der Waals surface area contributed by atoms with Gasteiger partial charge in [-0.1, -0.05) is 19.9 Å². The van der Waals surface area contributed by atoms with Crippen LogP contribution in [0.4, 0.5) is 4.39 Å². The molecule has 0 atom stereocenters. The Balaban J connectivity index is 0.00000361. The Morgan fingerprint density at radius 1 is 1.30 bits per heavy atom. The summed E-state index contributed by atoms with van der Waals surface area (Å²) in [5.74, 6) is -0.533. The second kappa shape index (κ2) is 7.36. The third-order valence-electron chi connectivity index (χ3n) is 3.55. The molecule has 0 aromatic heterocycles. The first-order valence-electron chi connectivity index (χ1n) is 6.30. The van der Waals surface area contributed by atoms with Gasteiger partial charge in [0.05, 0.1) is 4.90 Å². The molecule has 0 spiro atoms. The molecule has 20 heavy (non-hydrogen) atoms. The molecule has 0 heterocycles. The van der Waals surface area contributed by atoms with Crippen LogP contribution in [-0.2, 0) is 10.0 Å². The topological polar surface area (TPSA) is 72.2 Å². The highest BCUT2D eigenvalue weighted by molar-refractivity contribution is 7.89. The van der Waals surface area contributed by atoms with E-state index in [1.807, 2.05) is 13.8 Å². The summed E-state index contributed by atoms with van der Waals surface area (Å²) < 4.78 is 40.6. The Morgan fingerprint density at radius 3 is 2.25 bits per heavy atom. The van der Waals surface area contributed by atoms with Gasteiger partial charge in [0.2, 0.25) is 10.0 Å². The van der Waals surface area contributed by atoms with E-state index in [0.717, 1.165) is 6.07 Å². The third-order valence-corrected chi connectivity index (χ3v) is 5.13. The van der Waals surface area contributed by atoms with Crippen LogP contribution in [-0.4, -0.2) is 20.5 Å². The number of nitrogens with one attached hydrogen (secondary N) is 1. The van der Waals surface area contributed by atoms with Crippen LogP contribution in [0.3, 0.4) is 0 Å². The molecule has 1 rings (SSSR count). The van der Waals surface area contributed by atoms with Crippen molar-refractivity contribution in [1.82, 2.24) is 4.72 Å². The number of halogens is 2. The van der Waals surface area contributed by atoms with Crippen molar-refractivity contribution in [3.8, 4) is 0 Å². The van der Waals surface area contributed by atoms with Crippen LogP contribution in [0, 0.1) is 12.7 Å². The Morgan fingerprint density at radius 2 is 1.85 bits per heavy atom. The number of aryl methyl sites for hydroxylation is 1. The molecule has 0 amide bonds. The fourth-order valence-electron chi connectivity index (χ4n) is 1.81. The van der Waals surface area contributed by atoms with Crippen molar-refractivity contribution in [2.45, 2.75) is 44.0 Å². The molecule has 0 aliphatic rings. The van der Waals surface area contributed by atoms with Crippen molar-refractivity contribution in [2.75, 3.05) is 6.54 Å². The van der Waals surface area contributed by atoms with Crippen LogP contribution >= 0.6 is 12.4 Å². The van der Waals surface area contributed by atoms with E-state index in [0.29, 0.717) is 18.4 Å². The minimum Gasteiger partial charge on any atom is -0.329 e. The van der Waals surface area contributed by atoms with Crippen molar-refractivity contribution in [1.29, 1.82) is 0 Å². The van der Waals surface area contributed by atoms with Crippen LogP contribution in [0.2, 0.25) is 0 Å². The first kappa shape index (κ1) is 19.3. The third kappa shape index (κ3) is 4.15. The predicted octanol–water partition coefficient (Wildman–Crippen LogP) is 2.35. The van der Waals surface area contributed by atoms with Crippen LogP contribution in [0.15, 0.2) is 23.1 Å². The maximum atomic E-state index is 13.5. The quantitative estimate of drug-likeness (QED) is 0.843. The summed E-state index contributed by atoms with van der Waals surface area (Å²) >= 11 is 0. The van der Waals surface area contributed by atoms with Crippen LogP contribution in [0.25, 0.3) is 0 Å². The normalized spacial score (nSPS) is 12.1. The maximum Gasteiger partial charge on any atom is 0.241 e. The molecule has 0 unspecified atom stereocenters. The molecule has 1 aromatic rings. The van der Waals surface area contributed by atoms with E-state index < -0.39 is 21.4 Å². The molecule has 116 valence electrons. The fraction of sp³-hybridized carbons (Fsp3) is 0.538. The molecule has 0 radical (unpaired) electrons. The highest BCUT2D eigenvalue weighted by Gasteiger charge is 2.30. The standard InChI is InChI=1S/C13H21FN2O2S.ClH/c1-4-13(5-2,9-15)16-19(17,18)11-7-6-10(3)12(14)8-11;/h6-8,16H,4-5,9,15H2,1-3H3;1H. The van der Waals surface area contributed by atoms with Gasteiger partial charge >= 0.3 is 0 Å². The lowest BCUT2D eigenvalue weighted by Gasteiger charge is -2.31. The molecule has 0 saturated carbocycles. The van der Waals surface area contributed by atoms with Gasteiger partial charge < -0.3 is 5.73 Å². The second-order valence-corrected chi connectivity index (χ2v) is 6.39. The van der Waals surface area contributed by atoms with E-state index in [2.05, 4.69) is 4.72 Å². The molecular weight excluding hydrogens is 303 g/mol. The Labute approximate surface area is 126 Å². The smallest absolute Gasteiger partial charge is 0.241 e. The van der Waals surface area contributed by atoms with E-state index >= 15 is 0 Å². The second-order valence-electron chi connectivity index (χ2n) is 4.71. The summed E-state index contributed by atoms with van der Waals surface area (Å²) in [6.07, 6.45) is 1.15. The van der Waals surface area contributed by atoms with Crippen molar-refractivity contribution in [2.24, 2.45) is 5.73 Å². The van der Waals surface area contributed by atoms with Crippen molar-refractivity contribution in [3.63, 3.8) is 0 Å². The number of benzene rings is 1. The molecule has 0 bridgehead atoms. The van der Waals surface area contributed by atoms with Gasteiger partial charge in [-0.2, -0.15) is 0 Å².